The van der Waals surface area contributed by atoms with E-state index >= 15 is 0 Å². The molecule has 1 aliphatic rings. The number of nitrogens with one attached hydrogen (secondary N) is 1. The van der Waals surface area contributed by atoms with Crippen LogP contribution in [0.1, 0.15) is 28.5 Å². The van der Waals surface area contributed by atoms with Gasteiger partial charge in [-0.25, -0.2) is 0 Å². The molecular weight excluding hydrogens is 256 g/mol. The van der Waals surface area contributed by atoms with Crippen LogP contribution in [0.15, 0.2) is 35.7 Å². The predicted molar refractivity (Wildman–Crippen MR) is 78.3 cm³/mol. The number of fused-ring (bicyclic) bond motifs is 1. The van der Waals surface area contributed by atoms with Gasteiger partial charge in [-0.15, -0.1) is 11.3 Å². The summed E-state index contributed by atoms with van der Waals surface area (Å²) in [5, 5.41) is 2.09. The van der Waals surface area contributed by atoms with E-state index in [1.165, 1.54) is 16.0 Å². The highest BCUT2D eigenvalue weighted by molar-refractivity contribution is 7.10. The van der Waals surface area contributed by atoms with Gasteiger partial charge in [-0.05, 0) is 41.5 Å². The first kappa shape index (κ1) is 12.7. The van der Waals surface area contributed by atoms with Gasteiger partial charge in [0.1, 0.15) is 5.75 Å². The van der Waals surface area contributed by atoms with Crippen molar-refractivity contribution in [2.45, 2.75) is 25.3 Å². The number of benzene rings is 1. The molecule has 2 aromatic rings. The van der Waals surface area contributed by atoms with Crippen molar-refractivity contribution in [1.29, 1.82) is 0 Å². The number of nitrogens with two attached hydrogens (primary N) is 1. The molecule has 1 aromatic carbocycles. The smallest absolute Gasteiger partial charge is 0.122 e. The van der Waals surface area contributed by atoms with Crippen LogP contribution in [-0.2, 0) is 12.8 Å². The Labute approximate surface area is 117 Å². The zero-order valence-corrected chi connectivity index (χ0v) is 11.6. The minimum atomic E-state index is 0.240. The Morgan fingerprint density at radius 1 is 1.37 bits per heavy atom. The third-order valence-electron chi connectivity index (χ3n) is 3.56. The molecule has 0 radical (unpaired) electrons. The zero-order chi connectivity index (χ0) is 13.1. The standard InChI is InChI=1S/C15H18N2OS/c16-17-13(15-2-1-9-19-15)5-3-11-4-6-14-12(10-11)7-8-18-14/h1-2,4,6,9-10,13,17H,3,5,7-8,16H2. The van der Waals surface area contributed by atoms with E-state index in [4.69, 9.17) is 10.6 Å². The molecule has 0 saturated heterocycles. The van der Waals surface area contributed by atoms with Crippen molar-refractivity contribution < 1.29 is 4.74 Å². The maximum atomic E-state index is 5.65. The highest BCUT2D eigenvalue weighted by atomic mass is 32.1. The van der Waals surface area contributed by atoms with E-state index in [0.717, 1.165) is 31.6 Å². The molecule has 3 N–H and O–H groups in total. The van der Waals surface area contributed by atoms with Gasteiger partial charge < -0.3 is 4.74 Å². The summed E-state index contributed by atoms with van der Waals surface area (Å²) in [6.45, 7) is 0.820. The Kier molecular flexibility index (Phi) is 3.82. The Balaban J connectivity index is 1.65. The van der Waals surface area contributed by atoms with Crippen molar-refractivity contribution in [3.8, 4) is 5.75 Å². The lowest BCUT2D eigenvalue weighted by Gasteiger charge is -2.14. The molecule has 0 aliphatic carbocycles. The highest BCUT2D eigenvalue weighted by Gasteiger charge is 2.14. The van der Waals surface area contributed by atoms with Crippen LogP contribution >= 0.6 is 11.3 Å². The van der Waals surface area contributed by atoms with Crippen molar-refractivity contribution in [2.24, 2.45) is 5.84 Å². The Hall–Kier alpha value is -1.36. The van der Waals surface area contributed by atoms with Gasteiger partial charge in [0.2, 0.25) is 0 Å². The molecule has 1 aromatic heterocycles. The van der Waals surface area contributed by atoms with Gasteiger partial charge >= 0.3 is 0 Å². The Morgan fingerprint density at radius 3 is 3.11 bits per heavy atom. The maximum Gasteiger partial charge on any atom is 0.122 e. The molecule has 0 saturated carbocycles. The number of rotatable bonds is 5. The van der Waals surface area contributed by atoms with E-state index in [-0.39, 0.29) is 6.04 Å². The summed E-state index contributed by atoms with van der Waals surface area (Å²) in [6.07, 6.45) is 3.07. The molecule has 1 aliphatic heterocycles. The van der Waals surface area contributed by atoms with Gasteiger partial charge in [-0.3, -0.25) is 11.3 Å². The van der Waals surface area contributed by atoms with Crippen LogP contribution in [0.5, 0.6) is 5.75 Å². The molecule has 3 nitrogen and oxygen atoms in total. The molecule has 3 rings (SSSR count). The average Bonchev–Trinajstić information content (AvgIpc) is 3.10. The summed E-state index contributed by atoms with van der Waals surface area (Å²) in [5.74, 6) is 6.71. The van der Waals surface area contributed by atoms with Crippen LogP contribution in [0.4, 0.5) is 0 Å². The Morgan fingerprint density at radius 2 is 2.32 bits per heavy atom. The third kappa shape index (κ3) is 2.81. The van der Waals surface area contributed by atoms with Gasteiger partial charge in [0.25, 0.3) is 0 Å². The van der Waals surface area contributed by atoms with Crippen molar-refractivity contribution in [3.63, 3.8) is 0 Å². The number of hydrazine groups is 1. The molecule has 19 heavy (non-hydrogen) atoms. The lowest BCUT2D eigenvalue weighted by Crippen LogP contribution is -2.27. The van der Waals surface area contributed by atoms with Gasteiger partial charge in [-0.1, -0.05) is 18.2 Å². The van der Waals surface area contributed by atoms with Crippen LogP contribution in [0.2, 0.25) is 0 Å². The predicted octanol–water partition coefficient (Wildman–Crippen LogP) is 2.82. The number of hydrogen-bond acceptors (Lipinski definition) is 4. The number of hydrogen-bond donors (Lipinski definition) is 2. The van der Waals surface area contributed by atoms with Gasteiger partial charge in [-0.2, -0.15) is 0 Å². The van der Waals surface area contributed by atoms with Crippen LogP contribution in [0, 0.1) is 0 Å². The second-order valence-electron chi connectivity index (χ2n) is 4.81. The topological polar surface area (TPSA) is 47.3 Å². The van der Waals surface area contributed by atoms with Gasteiger partial charge in [0, 0.05) is 11.3 Å². The van der Waals surface area contributed by atoms with Crippen molar-refractivity contribution in [3.05, 3.63) is 51.7 Å². The molecular formula is C15H18N2OS. The van der Waals surface area contributed by atoms with Crippen molar-refractivity contribution in [1.82, 2.24) is 5.43 Å². The molecule has 0 fully saturated rings. The van der Waals surface area contributed by atoms with E-state index in [1.807, 2.05) is 0 Å². The fourth-order valence-electron chi connectivity index (χ4n) is 2.50. The molecule has 0 amide bonds. The minimum absolute atomic E-state index is 0.240. The molecule has 100 valence electrons. The monoisotopic (exact) mass is 274 g/mol. The minimum Gasteiger partial charge on any atom is -0.493 e. The summed E-state index contributed by atoms with van der Waals surface area (Å²) in [6, 6.07) is 11.0. The first-order chi connectivity index (χ1) is 9.36. The molecule has 4 heteroatoms. The summed E-state index contributed by atoms with van der Waals surface area (Å²) < 4.78 is 5.53. The lowest BCUT2D eigenvalue weighted by molar-refractivity contribution is 0.357. The first-order valence-electron chi connectivity index (χ1n) is 6.61. The molecule has 0 spiro atoms. The normalized spacial score (nSPS) is 15.0. The van der Waals surface area contributed by atoms with E-state index in [2.05, 4.69) is 41.1 Å². The van der Waals surface area contributed by atoms with Crippen LogP contribution in [-0.4, -0.2) is 6.61 Å². The lowest BCUT2D eigenvalue weighted by atomic mass is 10.0. The second kappa shape index (κ2) is 5.74. The zero-order valence-electron chi connectivity index (χ0n) is 10.8. The summed E-state index contributed by atoms with van der Waals surface area (Å²) >= 11 is 1.75. The van der Waals surface area contributed by atoms with E-state index in [1.54, 1.807) is 11.3 Å². The van der Waals surface area contributed by atoms with Crippen LogP contribution < -0.4 is 16.0 Å². The second-order valence-corrected chi connectivity index (χ2v) is 5.79. The van der Waals surface area contributed by atoms with Gasteiger partial charge in [0.15, 0.2) is 0 Å². The number of aryl methyl sites for hydroxylation is 1. The number of thiophene rings is 1. The number of ether oxygens (including phenoxy) is 1. The molecule has 2 heterocycles. The largest absolute Gasteiger partial charge is 0.493 e. The fraction of sp³-hybridized carbons (Fsp3) is 0.333. The van der Waals surface area contributed by atoms with Gasteiger partial charge in [0.05, 0.1) is 12.6 Å². The Bertz CT molecular complexity index is 539. The molecule has 1 unspecified atom stereocenters. The van der Waals surface area contributed by atoms with Crippen molar-refractivity contribution >= 4 is 11.3 Å². The average molecular weight is 274 g/mol. The SMILES string of the molecule is NNC(CCc1ccc2c(c1)CCO2)c1cccs1. The maximum absolute atomic E-state index is 5.65. The molecule has 1 atom stereocenters. The quantitative estimate of drug-likeness (QED) is 0.651. The highest BCUT2D eigenvalue weighted by Crippen LogP contribution is 2.28. The van der Waals surface area contributed by atoms with E-state index in [0.29, 0.717) is 0 Å². The van der Waals surface area contributed by atoms with E-state index < -0.39 is 0 Å². The summed E-state index contributed by atoms with van der Waals surface area (Å²) in [5.41, 5.74) is 5.61. The van der Waals surface area contributed by atoms with Crippen molar-refractivity contribution in [2.75, 3.05) is 6.61 Å². The third-order valence-corrected chi connectivity index (χ3v) is 4.55. The van der Waals surface area contributed by atoms with Crippen LogP contribution in [0.25, 0.3) is 0 Å². The molecule has 0 bridgehead atoms. The summed E-state index contributed by atoms with van der Waals surface area (Å²) in [4.78, 5) is 1.30. The fourth-order valence-corrected chi connectivity index (χ4v) is 3.33. The summed E-state index contributed by atoms with van der Waals surface area (Å²) in [7, 11) is 0. The van der Waals surface area contributed by atoms with E-state index in [9.17, 15) is 0 Å². The van der Waals surface area contributed by atoms with Crippen LogP contribution in [0.3, 0.4) is 0 Å². The first-order valence-corrected chi connectivity index (χ1v) is 7.49.